The van der Waals surface area contributed by atoms with Crippen molar-refractivity contribution in [3.8, 4) is 0 Å². The Balaban J connectivity index is 1.67. The Labute approximate surface area is 86.3 Å². The van der Waals surface area contributed by atoms with Gasteiger partial charge in [0.1, 0.15) is 0 Å². The first kappa shape index (κ1) is 8.72. The highest BCUT2D eigenvalue weighted by Crippen LogP contribution is 2.44. The molecule has 2 aliphatic heterocycles. The molecule has 0 amide bonds. The van der Waals surface area contributed by atoms with Crippen LogP contribution in [-0.2, 0) is 0 Å². The van der Waals surface area contributed by atoms with Gasteiger partial charge in [0.25, 0.3) is 0 Å². The maximum absolute atomic E-state index is 3.59. The summed E-state index contributed by atoms with van der Waals surface area (Å²) < 4.78 is 0. The summed E-state index contributed by atoms with van der Waals surface area (Å²) in [4.78, 5) is 0. The van der Waals surface area contributed by atoms with Gasteiger partial charge in [0, 0.05) is 6.04 Å². The first-order valence-electron chi connectivity index (χ1n) is 5.91. The van der Waals surface area contributed by atoms with E-state index in [1.54, 1.807) is 5.57 Å². The number of hydrogen-bond acceptors (Lipinski definition) is 1. The second-order valence-corrected chi connectivity index (χ2v) is 5.15. The van der Waals surface area contributed by atoms with Crippen LogP contribution in [0.1, 0.15) is 26.2 Å². The summed E-state index contributed by atoms with van der Waals surface area (Å²) >= 11 is 0. The molecule has 4 aliphatic rings. The largest absolute Gasteiger partial charge is 0.313 e. The van der Waals surface area contributed by atoms with Crippen molar-refractivity contribution < 1.29 is 0 Å². The van der Waals surface area contributed by atoms with E-state index in [0.717, 1.165) is 23.8 Å². The van der Waals surface area contributed by atoms with Gasteiger partial charge in [-0.2, -0.15) is 0 Å². The molecule has 0 aromatic carbocycles. The minimum absolute atomic E-state index is 0.815. The van der Waals surface area contributed by atoms with Crippen molar-refractivity contribution in [1.29, 1.82) is 0 Å². The van der Waals surface area contributed by atoms with Gasteiger partial charge in [-0.15, -0.1) is 0 Å². The van der Waals surface area contributed by atoms with E-state index in [4.69, 9.17) is 0 Å². The fraction of sp³-hybridized carbons (Fsp3) is 0.692. The first-order chi connectivity index (χ1) is 6.84. The monoisotopic (exact) mass is 189 g/mol. The van der Waals surface area contributed by atoms with Gasteiger partial charge in [-0.25, -0.2) is 0 Å². The van der Waals surface area contributed by atoms with Crippen LogP contribution in [0.3, 0.4) is 0 Å². The maximum atomic E-state index is 3.59. The SMILES string of the molecule is C/C(=C/C1CC=CC1)C1C2CNC1C2. The van der Waals surface area contributed by atoms with Gasteiger partial charge < -0.3 is 5.32 Å². The van der Waals surface area contributed by atoms with Crippen molar-refractivity contribution in [2.24, 2.45) is 17.8 Å². The minimum Gasteiger partial charge on any atom is -0.313 e. The molecular formula is C13H19N. The summed E-state index contributed by atoms with van der Waals surface area (Å²) in [6.07, 6.45) is 11.2. The van der Waals surface area contributed by atoms with Crippen LogP contribution in [0.25, 0.3) is 0 Å². The van der Waals surface area contributed by atoms with Crippen LogP contribution in [0.4, 0.5) is 0 Å². The summed E-state index contributed by atoms with van der Waals surface area (Å²) in [5.74, 6) is 2.66. The summed E-state index contributed by atoms with van der Waals surface area (Å²) in [6.45, 7) is 3.61. The zero-order valence-corrected chi connectivity index (χ0v) is 8.87. The molecular weight excluding hydrogens is 170 g/mol. The van der Waals surface area contributed by atoms with E-state index in [0.29, 0.717) is 0 Å². The third-order valence-corrected chi connectivity index (χ3v) is 4.21. The van der Waals surface area contributed by atoms with Gasteiger partial charge in [0.05, 0.1) is 0 Å². The molecule has 3 fully saturated rings. The van der Waals surface area contributed by atoms with E-state index >= 15 is 0 Å². The van der Waals surface area contributed by atoms with E-state index in [1.165, 1.54) is 25.8 Å². The van der Waals surface area contributed by atoms with Crippen molar-refractivity contribution in [1.82, 2.24) is 5.32 Å². The van der Waals surface area contributed by atoms with Gasteiger partial charge in [-0.05, 0) is 50.5 Å². The van der Waals surface area contributed by atoms with E-state index in [2.05, 4.69) is 30.5 Å². The standard InChI is InChI=1S/C13H19N/c1-9(6-10-4-2-3-5-10)13-11-7-12(13)14-8-11/h2-3,6,10-14H,4-5,7-8H2,1H3/b9-6-. The summed E-state index contributed by atoms with van der Waals surface area (Å²) in [5.41, 5.74) is 1.66. The molecule has 14 heavy (non-hydrogen) atoms. The highest BCUT2D eigenvalue weighted by Gasteiger charge is 2.47. The second kappa shape index (κ2) is 3.23. The zero-order chi connectivity index (χ0) is 9.54. The number of rotatable bonds is 2. The van der Waals surface area contributed by atoms with Crippen molar-refractivity contribution in [2.45, 2.75) is 32.2 Å². The number of hydrogen-bond donors (Lipinski definition) is 1. The number of nitrogens with one attached hydrogen (secondary N) is 1. The smallest absolute Gasteiger partial charge is 0.0139 e. The first-order valence-corrected chi connectivity index (χ1v) is 5.91. The Kier molecular flexibility index (Phi) is 2.01. The molecule has 1 nitrogen and oxygen atoms in total. The van der Waals surface area contributed by atoms with Gasteiger partial charge in [-0.1, -0.05) is 23.8 Å². The van der Waals surface area contributed by atoms with Gasteiger partial charge in [0.2, 0.25) is 0 Å². The molecule has 3 unspecified atom stereocenters. The van der Waals surface area contributed by atoms with Crippen LogP contribution in [0.5, 0.6) is 0 Å². The summed E-state index contributed by atoms with van der Waals surface area (Å²) in [5, 5.41) is 3.59. The third kappa shape index (κ3) is 1.26. The van der Waals surface area contributed by atoms with Crippen LogP contribution < -0.4 is 5.32 Å². The van der Waals surface area contributed by atoms with E-state index in [-0.39, 0.29) is 0 Å². The molecule has 2 bridgehead atoms. The fourth-order valence-electron chi connectivity index (χ4n) is 3.42. The molecule has 2 saturated heterocycles. The molecule has 3 atom stereocenters. The molecule has 76 valence electrons. The predicted molar refractivity (Wildman–Crippen MR) is 59.0 cm³/mol. The zero-order valence-electron chi connectivity index (χ0n) is 8.87. The lowest BCUT2D eigenvalue weighted by Crippen LogP contribution is -2.37. The highest BCUT2D eigenvalue weighted by molar-refractivity contribution is 5.20. The molecule has 1 saturated carbocycles. The number of allylic oxidation sites excluding steroid dienone is 3. The molecule has 0 radical (unpaired) electrons. The second-order valence-electron chi connectivity index (χ2n) is 5.15. The Morgan fingerprint density at radius 1 is 1.36 bits per heavy atom. The molecule has 1 heteroatoms. The van der Waals surface area contributed by atoms with Crippen molar-refractivity contribution in [2.75, 3.05) is 6.54 Å². The van der Waals surface area contributed by atoms with E-state index in [9.17, 15) is 0 Å². The lowest BCUT2D eigenvalue weighted by molar-refractivity contribution is 0.257. The van der Waals surface area contributed by atoms with Crippen LogP contribution in [0.15, 0.2) is 23.8 Å². The van der Waals surface area contributed by atoms with Crippen LogP contribution in [-0.4, -0.2) is 12.6 Å². The van der Waals surface area contributed by atoms with Crippen LogP contribution in [0, 0.1) is 17.8 Å². The van der Waals surface area contributed by atoms with Crippen molar-refractivity contribution >= 4 is 0 Å². The predicted octanol–water partition coefficient (Wildman–Crippen LogP) is 2.51. The average Bonchev–Trinajstić information content (AvgIpc) is 2.77. The van der Waals surface area contributed by atoms with Gasteiger partial charge in [0.15, 0.2) is 0 Å². The summed E-state index contributed by atoms with van der Waals surface area (Å²) in [6, 6.07) is 0.825. The molecule has 4 rings (SSSR count). The Morgan fingerprint density at radius 3 is 2.71 bits per heavy atom. The molecule has 2 aliphatic carbocycles. The Bertz CT molecular complexity index is 268. The normalized spacial score (nSPS) is 41.8. The lowest BCUT2D eigenvalue weighted by Gasteiger charge is -2.35. The highest BCUT2D eigenvalue weighted by atomic mass is 15.0. The molecule has 1 N–H and O–H groups in total. The van der Waals surface area contributed by atoms with Crippen LogP contribution >= 0.6 is 0 Å². The van der Waals surface area contributed by atoms with Gasteiger partial charge >= 0.3 is 0 Å². The summed E-state index contributed by atoms with van der Waals surface area (Å²) in [7, 11) is 0. The minimum atomic E-state index is 0.815. The average molecular weight is 189 g/mol. The Hall–Kier alpha value is -0.560. The maximum Gasteiger partial charge on any atom is 0.0139 e. The molecule has 0 spiro atoms. The lowest BCUT2D eigenvalue weighted by atomic mass is 9.69. The quantitative estimate of drug-likeness (QED) is 0.658. The molecule has 0 aromatic heterocycles. The topological polar surface area (TPSA) is 12.0 Å². The number of fused-ring (bicyclic) bond motifs is 1. The third-order valence-electron chi connectivity index (χ3n) is 4.21. The molecule has 2 heterocycles. The Morgan fingerprint density at radius 2 is 2.14 bits per heavy atom. The molecule has 0 aromatic rings. The van der Waals surface area contributed by atoms with Crippen LogP contribution in [0.2, 0.25) is 0 Å². The van der Waals surface area contributed by atoms with E-state index in [1.807, 2.05) is 0 Å². The van der Waals surface area contributed by atoms with Gasteiger partial charge in [-0.3, -0.25) is 0 Å². The fourth-order valence-corrected chi connectivity index (χ4v) is 3.42. The van der Waals surface area contributed by atoms with Crippen molar-refractivity contribution in [3.63, 3.8) is 0 Å². The van der Waals surface area contributed by atoms with E-state index < -0.39 is 0 Å². The van der Waals surface area contributed by atoms with Crippen molar-refractivity contribution in [3.05, 3.63) is 23.8 Å².